The van der Waals surface area contributed by atoms with Crippen molar-refractivity contribution in [2.24, 2.45) is 0 Å². The number of hydrogen-bond acceptors (Lipinski definition) is 5. The standard InChI is InChI=1S/C25H31N3O3.ClH/c1-19(29)16-22-17-21(8-12-26-22)9-13-27-14-10-25(11-15-27)18-28(24(30)20(2)31-25)23-6-4-3-5-7-23;/h3-8,12,17,20H,9-11,13-16,18H2,1-2H3;1H. The van der Waals surface area contributed by atoms with E-state index in [-0.39, 0.29) is 29.7 Å². The van der Waals surface area contributed by atoms with Gasteiger partial charge in [-0.2, -0.15) is 0 Å². The number of hydrogen-bond donors (Lipinski definition) is 0. The number of para-hydroxylation sites is 1. The number of carbonyl (C=O) groups is 2. The molecule has 0 saturated carbocycles. The van der Waals surface area contributed by atoms with Gasteiger partial charge in [-0.15, -0.1) is 12.4 Å². The third-order valence-corrected chi connectivity index (χ3v) is 6.35. The number of morpholine rings is 1. The van der Waals surface area contributed by atoms with E-state index in [4.69, 9.17) is 4.74 Å². The van der Waals surface area contributed by atoms with E-state index in [1.54, 1.807) is 13.1 Å². The van der Waals surface area contributed by atoms with E-state index < -0.39 is 6.10 Å². The number of carbonyl (C=O) groups excluding carboxylic acids is 2. The molecule has 1 unspecified atom stereocenters. The largest absolute Gasteiger partial charge is 0.360 e. The second-order valence-corrected chi connectivity index (χ2v) is 8.83. The Hall–Kier alpha value is -2.28. The predicted molar refractivity (Wildman–Crippen MR) is 127 cm³/mol. The van der Waals surface area contributed by atoms with Crippen LogP contribution in [0, 0.1) is 0 Å². The van der Waals surface area contributed by atoms with E-state index in [1.807, 2.05) is 54.3 Å². The Balaban J connectivity index is 0.00000289. The lowest BCUT2D eigenvalue weighted by Crippen LogP contribution is -2.61. The third kappa shape index (κ3) is 5.74. The van der Waals surface area contributed by atoms with Crippen LogP contribution in [-0.2, 0) is 27.2 Å². The molecule has 1 atom stereocenters. The molecular formula is C25H32ClN3O3. The van der Waals surface area contributed by atoms with Crippen molar-refractivity contribution in [1.82, 2.24) is 9.88 Å². The molecule has 0 bridgehead atoms. The molecular weight excluding hydrogens is 426 g/mol. The maximum atomic E-state index is 12.7. The first kappa shape index (κ1) is 24.4. The minimum atomic E-state index is -0.419. The molecule has 1 amide bonds. The van der Waals surface area contributed by atoms with E-state index in [1.165, 1.54) is 5.56 Å². The van der Waals surface area contributed by atoms with E-state index in [2.05, 4.69) is 9.88 Å². The predicted octanol–water partition coefficient (Wildman–Crippen LogP) is 3.46. The first-order valence-corrected chi connectivity index (χ1v) is 11.1. The Morgan fingerprint density at radius 3 is 2.59 bits per heavy atom. The molecule has 32 heavy (non-hydrogen) atoms. The van der Waals surface area contributed by atoms with Gasteiger partial charge in [0.15, 0.2) is 0 Å². The maximum absolute atomic E-state index is 12.7. The molecule has 0 aliphatic carbocycles. The number of anilines is 1. The molecule has 1 aromatic carbocycles. The van der Waals surface area contributed by atoms with Crippen molar-refractivity contribution in [3.63, 3.8) is 0 Å². The van der Waals surface area contributed by atoms with Crippen molar-refractivity contribution in [3.05, 3.63) is 59.9 Å². The summed E-state index contributed by atoms with van der Waals surface area (Å²) >= 11 is 0. The number of ketones is 1. The lowest BCUT2D eigenvalue weighted by molar-refractivity contribution is -0.161. The second-order valence-electron chi connectivity index (χ2n) is 8.83. The number of benzene rings is 1. The Bertz CT molecular complexity index is 929. The van der Waals surface area contributed by atoms with Gasteiger partial charge < -0.3 is 14.5 Å². The van der Waals surface area contributed by atoms with Crippen LogP contribution in [0.4, 0.5) is 5.69 Å². The van der Waals surface area contributed by atoms with E-state index in [0.29, 0.717) is 13.0 Å². The molecule has 2 aliphatic heterocycles. The quantitative estimate of drug-likeness (QED) is 0.664. The molecule has 4 rings (SSSR count). The average Bonchev–Trinajstić information content (AvgIpc) is 2.76. The van der Waals surface area contributed by atoms with Gasteiger partial charge in [-0.05, 0) is 62.9 Å². The van der Waals surface area contributed by atoms with E-state index in [9.17, 15) is 9.59 Å². The number of aromatic nitrogens is 1. The maximum Gasteiger partial charge on any atom is 0.255 e. The molecule has 0 radical (unpaired) electrons. The summed E-state index contributed by atoms with van der Waals surface area (Å²) in [6.45, 7) is 6.96. The molecule has 6 nitrogen and oxygen atoms in total. The Morgan fingerprint density at radius 1 is 1.19 bits per heavy atom. The van der Waals surface area contributed by atoms with Crippen LogP contribution in [0.2, 0.25) is 0 Å². The van der Waals surface area contributed by atoms with Gasteiger partial charge in [-0.3, -0.25) is 14.6 Å². The lowest BCUT2D eigenvalue weighted by Gasteiger charge is -2.49. The number of amides is 1. The normalized spacial score (nSPS) is 20.8. The van der Waals surface area contributed by atoms with Crippen LogP contribution < -0.4 is 4.90 Å². The van der Waals surface area contributed by atoms with Gasteiger partial charge in [0, 0.05) is 43.6 Å². The molecule has 7 heteroatoms. The molecule has 2 aromatic rings. The van der Waals surface area contributed by atoms with Gasteiger partial charge in [0.05, 0.1) is 12.1 Å². The van der Waals surface area contributed by atoms with Gasteiger partial charge in [0.2, 0.25) is 0 Å². The zero-order chi connectivity index (χ0) is 21.8. The first-order valence-electron chi connectivity index (χ1n) is 11.1. The van der Waals surface area contributed by atoms with Crippen molar-refractivity contribution < 1.29 is 14.3 Å². The smallest absolute Gasteiger partial charge is 0.255 e. The number of halogens is 1. The first-order chi connectivity index (χ1) is 14.9. The van der Waals surface area contributed by atoms with Gasteiger partial charge >= 0.3 is 0 Å². The van der Waals surface area contributed by atoms with Crippen LogP contribution >= 0.6 is 12.4 Å². The Kier molecular flexibility index (Phi) is 8.04. The minimum absolute atomic E-state index is 0. The fourth-order valence-corrected chi connectivity index (χ4v) is 4.66. The summed E-state index contributed by atoms with van der Waals surface area (Å²) in [5.74, 6) is 0.175. The van der Waals surface area contributed by atoms with Gasteiger partial charge in [-0.1, -0.05) is 18.2 Å². The Morgan fingerprint density at radius 2 is 1.91 bits per heavy atom. The number of ether oxygens (including phenoxy) is 1. The second kappa shape index (κ2) is 10.6. The molecule has 1 spiro atoms. The SMILES string of the molecule is CC(=O)Cc1cc(CCN2CCC3(CC2)CN(c2ccccc2)C(=O)C(C)O3)ccn1.Cl. The number of piperidine rings is 1. The van der Waals surface area contributed by atoms with Crippen LogP contribution in [0.15, 0.2) is 48.7 Å². The van der Waals surface area contributed by atoms with Crippen LogP contribution in [-0.4, -0.2) is 59.5 Å². The minimum Gasteiger partial charge on any atom is -0.360 e. The molecule has 172 valence electrons. The van der Waals surface area contributed by atoms with Crippen LogP contribution in [0.3, 0.4) is 0 Å². The number of Topliss-reactive ketones (excluding diaryl/α,β-unsaturated/α-hetero) is 1. The van der Waals surface area contributed by atoms with Crippen molar-refractivity contribution in [2.75, 3.05) is 31.1 Å². The molecule has 1 aromatic heterocycles. The molecule has 2 fully saturated rings. The van der Waals surface area contributed by atoms with Crippen LogP contribution in [0.1, 0.15) is 37.9 Å². The molecule has 2 aliphatic rings. The zero-order valence-electron chi connectivity index (χ0n) is 18.8. The van der Waals surface area contributed by atoms with Crippen LogP contribution in [0.25, 0.3) is 0 Å². The fourth-order valence-electron chi connectivity index (χ4n) is 4.66. The van der Waals surface area contributed by atoms with Crippen LogP contribution in [0.5, 0.6) is 0 Å². The summed E-state index contributed by atoms with van der Waals surface area (Å²) in [5.41, 5.74) is 2.74. The van der Waals surface area contributed by atoms with Gasteiger partial charge in [-0.25, -0.2) is 0 Å². The van der Waals surface area contributed by atoms with E-state index in [0.717, 1.165) is 50.3 Å². The summed E-state index contributed by atoms with van der Waals surface area (Å²) in [4.78, 5) is 32.7. The topological polar surface area (TPSA) is 62.7 Å². The highest BCUT2D eigenvalue weighted by Gasteiger charge is 2.45. The number of pyridine rings is 1. The van der Waals surface area contributed by atoms with E-state index >= 15 is 0 Å². The summed E-state index contributed by atoms with van der Waals surface area (Å²) in [6.07, 6.45) is 4.54. The van der Waals surface area contributed by atoms with Gasteiger partial charge in [0.1, 0.15) is 11.9 Å². The number of nitrogens with zero attached hydrogens (tertiary/aromatic N) is 3. The average molecular weight is 458 g/mol. The van der Waals surface area contributed by atoms with Crippen molar-refractivity contribution in [1.29, 1.82) is 0 Å². The summed E-state index contributed by atoms with van der Waals surface area (Å²) < 4.78 is 6.28. The number of rotatable bonds is 6. The molecule has 2 saturated heterocycles. The van der Waals surface area contributed by atoms with Crippen molar-refractivity contribution >= 4 is 29.8 Å². The van der Waals surface area contributed by atoms with Crippen molar-refractivity contribution in [3.8, 4) is 0 Å². The number of likely N-dealkylation sites (tertiary alicyclic amines) is 1. The lowest BCUT2D eigenvalue weighted by atomic mass is 9.88. The monoisotopic (exact) mass is 457 g/mol. The zero-order valence-corrected chi connectivity index (χ0v) is 19.6. The third-order valence-electron chi connectivity index (χ3n) is 6.35. The summed E-state index contributed by atoms with van der Waals surface area (Å²) in [7, 11) is 0. The van der Waals surface area contributed by atoms with Crippen molar-refractivity contribution in [2.45, 2.75) is 51.2 Å². The fraction of sp³-hybridized carbons (Fsp3) is 0.480. The Labute approximate surface area is 196 Å². The summed E-state index contributed by atoms with van der Waals surface area (Å²) in [5, 5.41) is 0. The highest BCUT2D eigenvalue weighted by molar-refractivity contribution is 5.97. The van der Waals surface area contributed by atoms with Gasteiger partial charge in [0.25, 0.3) is 5.91 Å². The molecule has 0 N–H and O–H groups in total. The highest BCUT2D eigenvalue weighted by Crippen LogP contribution is 2.35. The summed E-state index contributed by atoms with van der Waals surface area (Å²) in [6, 6.07) is 14.0. The highest BCUT2D eigenvalue weighted by atomic mass is 35.5. The molecule has 3 heterocycles.